The van der Waals surface area contributed by atoms with Gasteiger partial charge in [-0.1, -0.05) is 34.8 Å². The number of halogens is 3. The summed E-state index contributed by atoms with van der Waals surface area (Å²) in [6.45, 7) is 1.34. The zero-order valence-electron chi connectivity index (χ0n) is 15.2. The van der Waals surface area contributed by atoms with E-state index in [2.05, 4.69) is 5.32 Å². The van der Waals surface area contributed by atoms with E-state index in [-0.39, 0.29) is 11.8 Å². The van der Waals surface area contributed by atoms with Gasteiger partial charge in [-0.25, -0.2) is 0 Å². The molecule has 2 aromatic carbocycles. The molecule has 2 aliphatic heterocycles. The number of hydrogen-bond acceptors (Lipinski definition) is 4. The van der Waals surface area contributed by atoms with E-state index in [0.29, 0.717) is 70.4 Å². The third-order valence-corrected chi connectivity index (χ3v) is 5.56. The van der Waals surface area contributed by atoms with E-state index >= 15 is 0 Å². The van der Waals surface area contributed by atoms with Crippen molar-refractivity contribution in [1.82, 2.24) is 4.90 Å². The molecule has 0 spiro atoms. The van der Waals surface area contributed by atoms with Gasteiger partial charge in [0.25, 0.3) is 5.91 Å². The molecule has 2 aliphatic rings. The third-order valence-electron chi connectivity index (χ3n) is 4.82. The Morgan fingerprint density at radius 2 is 1.62 bits per heavy atom. The van der Waals surface area contributed by atoms with Crippen molar-refractivity contribution in [2.45, 2.75) is 18.9 Å². The molecular weight excluding hydrogens is 439 g/mol. The fourth-order valence-electron chi connectivity index (χ4n) is 3.50. The fourth-order valence-corrected chi connectivity index (χ4v) is 4.23. The lowest BCUT2D eigenvalue weighted by Gasteiger charge is -2.25. The minimum atomic E-state index is -0.621. The molecule has 2 amide bonds. The van der Waals surface area contributed by atoms with Crippen molar-refractivity contribution in [3.05, 3.63) is 51.0 Å². The highest BCUT2D eigenvalue weighted by molar-refractivity contribution is 6.35. The van der Waals surface area contributed by atoms with Crippen LogP contribution in [0.2, 0.25) is 15.1 Å². The lowest BCUT2D eigenvalue weighted by molar-refractivity contribution is -0.119. The van der Waals surface area contributed by atoms with Crippen molar-refractivity contribution in [1.29, 1.82) is 0 Å². The molecule has 1 N–H and O–H groups in total. The lowest BCUT2D eigenvalue weighted by Crippen LogP contribution is -2.43. The van der Waals surface area contributed by atoms with Crippen LogP contribution in [0, 0.1) is 0 Å². The first-order chi connectivity index (χ1) is 13.9. The van der Waals surface area contributed by atoms with Gasteiger partial charge in [0.05, 0.1) is 10.7 Å². The SMILES string of the molecule is O=C(Nc1cc2c(cc1Cl)OCCO2)C1CCCN1C(=O)c1cc(Cl)cc(Cl)c1. The van der Waals surface area contributed by atoms with E-state index in [0.717, 1.165) is 0 Å². The highest BCUT2D eigenvalue weighted by Crippen LogP contribution is 2.38. The molecule has 2 heterocycles. The standard InChI is InChI=1S/C20H17Cl3N2O4/c21-12-6-11(7-13(22)8-12)20(27)25-3-1-2-16(25)19(26)24-15-10-18-17(9-14(15)23)28-4-5-29-18/h6-10,16H,1-5H2,(H,24,26). The average molecular weight is 456 g/mol. The summed E-state index contributed by atoms with van der Waals surface area (Å²) in [4.78, 5) is 27.4. The fraction of sp³-hybridized carbons (Fsp3) is 0.300. The zero-order valence-corrected chi connectivity index (χ0v) is 17.5. The zero-order chi connectivity index (χ0) is 20.5. The second kappa shape index (κ2) is 8.30. The van der Waals surface area contributed by atoms with Crippen LogP contribution in [0.1, 0.15) is 23.2 Å². The summed E-state index contributed by atoms with van der Waals surface area (Å²) in [6, 6.07) is 7.26. The minimum absolute atomic E-state index is 0.291. The number of nitrogens with zero attached hydrogens (tertiary/aromatic N) is 1. The summed E-state index contributed by atoms with van der Waals surface area (Å²) in [5.41, 5.74) is 0.755. The first kappa shape index (κ1) is 20.1. The molecule has 4 rings (SSSR count). The van der Waals surface area contributed by atoms with Crippen LogP contribution >= 0.6 is 34.8 Å². The molecule has 152 valence electrons. The topological polar surface area (TPSA) is 67.9 Å². The largest absolute Gasteiger partial charge is 0.486 e. The second-order valence-electron chi connectivity index (χ2n) is 6.78. The highest BCUT2D eigenvalue weighted by Gasteiger charge is 2.35. The number of rotatable bonds is 3. The van der Waals surface area contributed by atoms with Crippen molar-refractivity contribution >= 4 is 52.3 Å². The lowest BCUT2D eigenvalue weighted by atomic mass is 10.1. The second-order valence-corrected chi connectivity index (χ2v) is 8.06. The monoisotopic (exact) mass is 454 g/mol. The molecule has 1 unspecified atom stereocenters. The van der Waals surface area contributed by atoms with Gasteiger partial charge in [-0.05, 0) is 31.0 Å². The number of benzene rings is 2. The number of carbonyl (C=O) groups is 2. The van der Waals surface area contributed by atoms with Crippen LogP contribution in [-0.2, 0) is 4.79 Å². The number of carbonyl (C=O) groups excluding carboxylic acids is 2. The summed E-state index contributed by atoms with van der Waals surface area (Å²) in [7, 11) is 0. The van der Waals surface area contributed by atoms with Gasteiger partial charge in [0.1, 0.15) is 19.3 Å². The van der Waals surface area contributed by atoms with Crippen molar-refractivity contribution < 1.29 is 19.1 Å². The van der Waals surface area contributed by atoms with Crippen molar-refractivity contribution in [2.75, 3.05) is 25.1 Å². The van der Waals surface area contributed by atoms with Crippen LogP contribution < -0.4 is 14.8 Å². The predicted octanol–water partition coefficient (Wildman–Crippen LogP) is 4.66. The first-order valence-corrected chi connectivity index (χ1v) is 10.2. The van der Waals surface area contributed by atoms with Crippen LogP contribution in [0.15, 0.2) is 30.3 Å². The molecule has 0 bridgehead atoms. The van der Waals surface area contributed by atoms with Crippen molar-refractivity contribution in [3.63, 3.8) is 0 Å². The molecule has 1 saturated heterocycles. The molecule has 6 nitrogen and oxygen atoms in total. The third kappa shape index (κ3) is 4.25. The van der Waals surface area contributed by atoms with Gasteiger partial charge in [-0.15, -0.1) is 0 Å². The number of nitrogens with one attached hydrogen (secondary N) is 1. The summed E-state index contributed by atoms with van der Waals surface area (Å²) < 4.78 is 11.0. The Morgan fingerprint density at radius 3 is 2.31 bits per heavy atom. The maximum absolute atomic E-state index is 12.9. The minimum Gasteiger partial charge on any atom is -0.486 e. The van der Waals surface area contributed by atoms with E-state index in [1.165, 1.54) is 4.90 Å². The Balaban J connectivity index is 1.53. The van der Waals surface area contributed by atoms with Gasteiger partial charge in [0.15, 0.2) is 11.5 Å². The van der Waals surface area contributed by atoms with E-state index in [4.69, 9.17) is 44.3 Å². The molecule has 0 radical (unpaired) electrons. The highest BCUT2D eigenvalue weighted by atomic mass is 35.5. The Kier molecular flexibility index (Phi) is 5.76. The van der Waals surface area contributed by atoms with Crippen molar-refractivity contribution in [3.8, 4) is 11.5 Å². The summed E-state index contributed by atoms with van der Waals surface area (Å²) in [5.74, 6) is 0.446. The Hall–Kier alpha value is -2.15. The normalized spacial score (nSPS) is 17.9. The summed E-state index contributed by atoms with van der Waals surface area (Å²) >= 11 is 18.3. The van der Waals surface area contributed by atoms with Gasteiger partial charge in [0.2, 0.25) is 5.91 Å². The molecular formula is C20H17Cl3N2O4. The molecule has 1 atom stereocenters. The number of anilines is 1. The summed E-state index contributed by atoms with van der Waals surface area (Å²) in [6.07, 6.45) is 1.26. The van der Waals surface area contributed by atoms with Crippen LogP contribution in [0.3, 0.4) is 0 Å². The van der Waals surface area contributed by atoms with Crippen molar-refractivity contribution in [2.24, 2.45) is 0 Å². The molecule has 29 heavy (non-hydrogen) atoms. The van der Waals surface area contributed by atoms with Gasteiger partial charge in [-0.2, -0.15) is 0 Å². The average Bonchev–Trinajstić information content (AvgIpc) is 3.17. The smallest absolute Gasteiger partial charge is 0.254 e. The number of fused-ring (bicyclic) bond motifs is 1. The Bertz CT molecular complexity index is 962. The van der Waals surface area contributed by atoms with E-state index in [1.807, 2.05) is 0 Å². The maximum Gasteiger partial charge on any atom is 0.254 e. The molecule has 0 aromatic heterocycles. The number of amides is 2. The van der Waals surface area contributed by atoms with E-state index in [1.54, 1.807) is 30.3 Å². The van der Waals surface area contributed by atoms with Crippen LogP contribution in [-0.4, -0.2) is 42.5 Å². The Morgan fingerprint density at radius 1 is 0.966 bits per heavy atom. The predicted molar refractivity (Wildman–Crippen MR) is 112 cm³/mol. The number of ether oxygens (including phenoxy) is 2. The van der Waals surface area contributed by atoms with Crippen LogP contribution in [0.4, 0.5) is 5.69 Å². The molecule has 0 saturated carbocycles. The van der Waals surface area contributed by atoms with Gasteiger partial charge in [-0.3, -0.25) is 9.59 Å². The van der Waals surface area contributed by atoms with Crippen LogP contribution in [0.25, 0.3) is 0 Å². The number of likely N-dealkylation sites (tertiary alicyclic amines) is 1. The number of hydrogen-bond donors (Lipinski definition) is 1. The molecule has 9 heteroatoms. The first-order valence-electron chi connectivity index (χ1n) is 9.09. The molecule has 1 fully saturated rings. The van der Waals surface area contributed by atoms with Gasteiger partial charge in [0, 0.05) is 34.3 Å². The molecule has 2 aromatic rings. The van der Waals surface area contributed by atoms with Gasteiger partial charge < -0.3 is 19.7 Å². The van der Waals surface area contributed by atoms with Gasteiger partial charge >= 0.3 is 0 Å². The van der Waals surface area contributed by atoms with E-state index < -0.39 is 6.04 Å². The quantitative estimate of drug-likeness (QED) is 0.731. The van der Waals surface area contributed by atoms with Crippen LogP contribution in [0.5, 0.6) is 11.5 Å². The van der Waals surface area contributed by atoms with E-state index in [9.17, 15) is 9.59 Å². The summed E-state index contributed by atoms with van der Waals surface area (Å²) in [5, 5.41) is 3.87. The maximum atomic E-state index is 12.9. The molecule has 0 aliphatic carbocycles. The Labute approximate surface area is 182 Å².